The Labute approximate surface area is 121 Å². The van der Waals surface area contributed by atoms with Crippen LogP contribution in [0.5, 0.6) is 0 Å². The van der Waals surface area contributed by atoms with Crippen molar-refractivity contribution >= 4 is 0 Å². The molecule has 1 aromatic heterocycles. The van der Waals surface area contributed by atoms with E-state index < -0.39 is 12.0 Å². The lowest BCUT2D eigenvalue weighted by Gasteiger charge is -2.34. The fraction of sp³-hybridized carbons (Fsp3) is 0.833. The normalized spacial score (nSPS) is 17.8. The summed E-state index contributed by atoms with van der Waals surface area (Å²) in [5, 5.41) is 6.96. The Morgan fingerprint density at radius 3 is 2.71 bits per heavy atom. The molecule has 0 aliphatic carbocycles. The predicted octanol–water partition coefficient (Wildman–Crippen LogP) is 0.866. The number of alkyl halides is 3. The van der Waals surface area contributed by atoms with Gasteiger partial charge in [0.2, 0.25) is 5.82 Å². The lowest BCUT2D eigenvalue weighted by atomic mass is 10.1. The molecule has 0 bridgehead atoms. The Bertz CT molecular complexity index is 462. The minimum atomic E-state index is -4.46. The first-order chi connectivity index (χ1) is 9.97. The van der Waals surface area contributed by atoms with Gasteiger partial charge in [-0.05, 0) is 19.4 Å². The van der Waals surface area contributed by atoms with E-state index in [1.165, 1.54) is 0 Å². The summed E-state index contributed by atoms with van der Waals surface area (Å²) in [6, 6.07) is 0.137. The van der Waals surface area contributed by atoms with E-state index in [4.69, 9.17) is 10.5 Å². The van der Waals surface area contributed by atoms with Crippen molar-refractivity contribution in [3.8, 4) is 0 Å². The summed E-state index contributed by atoms with van der Waals surface area (Å²) < 4.78 is 44.7. The third-order valence-electron chi connectivity index (χ3n) is 3.65. The third-order valence-corrected chi connectivity index (χ3v) is 3.65. The van der Waals surface area contributed by atoms with Crippen LogP contribution in [0.15, 0.2) is 0 Å². The van der Waals surface area contributed by atoms with Crippen LogP contribution in [-0.4, -0.2) is 52.5 Å². The van der Waals surface area contributed by atoms with Gasteiger partial charge in [-0.2, -0.15) is 13.2 Å². The fourth-order valence-corrected chi connectivity index (χ4v) is 2.61. The highest BCUT2D eigenvalue weighted by Crippen LogP contribution is 2.29. The van der Waals surface area contributed by atoms with Gasteiger partial charge in [0.05, 0.1) is 13.2 Å². The maximum atomic E-state index is 12.8. The zero-order valence-corrected chi connectivity index (χ0v) is 11.9. The van der Waals surface area contributed by atoms with Crippen LogP contribution in [0.25, 0.3) is 0 Å². The smallest absolute Gasteiger partial charge is 0.383 e. The lowest BCUT2D eigenvalue weighted by molar-refractivity contribution is -0.148. The van der Waals surface area contributed by atoms with Gasteiger partial charge in [-0.1, -0.05) is 0 Å². The maximum absolute atomic E-state index is 12.8. The Morgan fingerprint density at radius 1 is 1.33 bits per heavy atom. The van der Waals surface area contributed by atoms with Crippen LogP contribution in [0.4, 0.5) is 13.2 Å². The van der Waals surface area contributed by atoms with E-state index in [0.717, 1.165) is 17.4 Å². The molecule has 21 heavy (non-hydrogen) atoms. The minimum absolute atomic E-state index is 0.137. The summed E-state index contributed by atoms with van der Waals surface area (Å²) >= 11 is 0. The number of nitrogens with two attached hydrogens (primary N) is 1. The topological polar surface area (TPSA) is 69.2 Å². The summed E-state index contributed by atoms with van der Waals surface area (Å²) in [7, 11) is 1.61. The first kappa shape index (κ1) is 16.2. The SMILES string of the molecule is COCC(CCCN)N1CCn2c(nnc2C(F)(F)F)C1. The Kier molecular flexibility index (Phi) is 5.17. The van der Waals surface area contributed by atoms with Gasteiger partial charge in [0.25, 0.3) is 0 Å². The van der Waals surface area contributed by atoms with Crippen molar-refractivity contribution in [2.24, 2.45) is 5.73 Å². The molecule has 1 unspecified atom stereocenters. The summed E-state index contributed by atoms with van der Waals surface area (Å²) in [6.07, 6.45) is -2.76. The van der Waals surface area contributed by atoms with Crippen molar-refractivity contribution in [3.63, 3.8) is 0 Å². The van der Waals surface area contributed by atoms with Gasteiger partial charge in [0, 0.05) is 26.2 Å². The van der Waals surface area contributed by atoms with Crippen LogP contribution in [0.3, 0.4) is 0 Å². The van der Waals surface area contributed by atoms with Crippen molar-refractivity contribution in [2.45, 2.75) is 38.1 Å². The molecule has 120 valence electrons. The van der Waals surface area contributed by atoms with Crippen LogP contribution in [-0.2, 0) is 24.0 Å². The minimum Gasteiger partial charge on any atom is -0.383 e. The highest BCUT2D eigenvalue weighted by molar-refractivity contribution is 5.02. The van der Waals surface area contributed by atoms with Gasteiger partial charge in [-0.15, -0.1) is 10.2 Å². The summed E-state index contributed by atoms with van der Waals surface area (Å²) in [5.74, 6) is -0.565. The van der Waals surface area contributed by atoms with E-state index >= 15 is 0 Å². The van der Waals surface area contributed by atoms with Crippen molar-refractivity contribution in [1.29, 1.82) is 0 Å². The molecule has 0 amide bonds. The van der Waals surface area contributed by atoms with Crippen LogP contribution in [0, 0.1) is 0 Å². The largest absolute Gasteiger partial charge is 0.451 e. The number of rotatable bonds is 6. The average molecular weight is 307 g/mol. The number of nitrogens with zero attached hydrogens (tertiary/aromatic N) is 4. The number of halogens is 3. The molecular weight excluding hydrogens is 287 g/mol. The van der Waals surface area contributed by atoms with E-state index in [-0.39, 0.29) is 12.6 Å². The number of aromatic nitrogens is 3. The van der Waals surface area contributed by atoms with Gasteiger partial charge in [-0.25, -0.2) is 0 Å². The number of ether oxygens (including phenoxy) is 1. The molecule has 0 saturated heterocycles. The maximum Gasteiger partial charge on any atom is 0.451 e. The summed E-state index contributed by atoms with van der Waals surface area (Å²) in [4.78, 5) is 2.09. The van der Waals surface area contributed by atoms with Gasteiger partial charge < -0.3 is 15.0 Å². The van der Waals surface area contributed by atoms with E-state index in [1.54, 1.807) is 7.11 Å². The van der Waals surface area contributed by atoms with Gasteiger partial charge in [0.15, 0.2) is 0 Å². The molecule has 2 heterocycles. The summed E-state index contributed by atoms with van der Waals surface area (Å²) in [6.45, 7) is 2.22. The standard InChI is InChI=1S/C12H20F3N5O/c1-21-8-9(3-2-4-16)19-5-6-20-10(7-19)17-18-11(20)12(13,14)15/h9H,2-8,16H2,1H3. The molecule has 1 aromatic rings. The quantitative estimate of drug-likeness (QED) is 0.844. The number of fused-ring (bicyclic) bond motifs is 1. The second-order valence-electron chi connectivity index (χ2n) is 5.10. The molecule has 1 aliphatic heterocycles. The molecule has 0 saturated carbocycles. The van der Waals surface area contributed by atoms with E-state index in [9.17, 15) is 13.2 Å². The molecule has 2 N–H and O–H groups in total. The zero-order valence-electron chi connectivity index (χ0n) is 11.9. The van der Waals surface area contributed by atoms with Gasteiger partial charge in [0.1, 0.15) is 5.82 Å². The number of methoxy groups -OCH3 is 1. The highest BCUT2D eigenvalue weighted by Gasteiger charge is 2.39. The number of hydrogen-bond donors (Lipinski definition) is 1. The molecule has 2 rings (SSSR count). The highest BCUT2D eigenvalue weighted by atomic mass is 19.4. The predicted molar refractivity (Wildman–Crippen MR) is 69.4 cm³/mol. The van der Waals surface area contributed by atoms with E-state index in [1.807, 2.05) is 0 Å². The third kappa shape index (κ3) is 3.72. The van der Waals surface area contributed by atoms with Crippen LogP contribution >= 0.6 is 0 Å². The lowest BCUT2D eigenvalue weighted by Crippen LogP contribution is -2.44. The molecule has 1 aliphatic rings. The Morgan fingerprint density at radius 2 is 2.10 bits per heavy atom. The molecule has 1 atom stereocenters. The molecule has 6 nitrogen and oxygen atoms in total. The summed E-state index contributed by atoms with van der Waals surface area (Å²) in [5.41, 5.74) is 5.52. The van der Waals surface area contributed by atoms with Crippen molar-refractivity contribution < 1.29 is 17.9 Å². The molecule has 0 radical (unpaired) electrons. The van der Waals surface area contributed by atoms with Crippen LogP contribution in [0.2, 0.25) is 0 Å². The average Bonchev–Trinajstić information content (AvgIpc) is 2.86. The molecular formula is C12H20F3N5O. The van der Waals surface area contributed by atoms with Crippen LogP contribution < -0.4 is 5.73 Å². The van der Waals surface area contributed by atoms with Gasteiger partial charge in [-0.3, -0.25) is 4.90 Å². The Balaban J connectivity index is 2.09. The monoisotopic (exact) mass is 307 g/mol. The van der Waals surface area contributed by atoms with Gasteiger partial charge >= 0.3 is 6.18 Å². The van der Waals surface area contributed by atoms with Crippen molar-refractivity contribution in [3.05, 3.63) is 11.6 Å². The van der Waals surface area contributed by atoms with Crippen LogP contribution in [0.1, 0.15) is 24.5 Å². The second-order valence-corrected chi connectivity index (χ2v) is 5.10. The number of hydrogen-bond acceptors (Lipinski definition) is 5. The van der Waals surface area contributed by atoms with Crippen molar-refractivity contribution in [1.82, 2.24) is 19.7 Å². The zero-order chi connectivity index (χ0) is 15.5. The Hall–Kier alpha value is -1.19. The van der Waals surface area contributed by atoms with E-state index in [0.29, 0.717) is 32.1 Å². The first-order valence-corrected chi connectivity index (χ1v) is 6.89. The molecule has 0 fully saturated rings. The fourth-order valence-electron chi connectivity index (χ4n) is 2.61. The first-order valence-electron chi connectivity index (χ1n) is 6.89. The molecule has 0 aromatic carbocycles. The van der Waals surface area contributed by atoms with Crippen molar-refractivity contribution in [2.75, 3.05) is 26.8 Å². The van der Waals surface area contributed by atoms with E-state index in [2.05, 4.69) is 15.1 Å². The molecule has 0 spiro atoms. The second kappa shape index (κ2) is 6.71. The molecule has 9 heteroatoms.